The van der Waals surface area contributed by atoms with Crippen molar-refractivity contribution >= 4 is 11.6 Å². The van der Waals surface area contributed by atoms with Gasteiger partial charge in [-0.05, 0) is 32.5 Å². The van der Waals surface area contributed by atoms with Gasteiger partial charge < -0.3 is 15.4 Å². The van der Waals surface area contributed by atoms with Crippen molar-refractivity contribution < 1.29 is 9.53 Å². The van der Waals surface area contributed by atoms with Crippen molar-refractivity contribution in [1.29, 1.82) is 0 Å². The van der Waals surface area contributed by atoms with E-state index in [4.69, 9.17) is 10.5 Å². The highest BCUT2D eigenvalue weighted by atomic mass is 16.5. The van der Waals surface area contributed by atoms with Gasteiger partial charge in [0.05, 0.1) is 6.61 Å². The first kappa shape index (κ1) is 15.6. The average Bonchev–Trinajstić information content (AvgIpc) is 2.47. The topological polar surface area (TPSA) is 58.8 Å². The normalized spacial score (nSPS) is 19.6. The zero-order chi connectivity index (χ0) is 15.4. The Morgan fingerprint density at radius 3 is 2.76 bits per heavy atom. The van der Waals surface area contributed by atoms with Crippen LogP contribution in [0, 0.1) is 0 Å². The number of hydrogen-bond acceptors (Lipinski definition) is 4. The van der Waals surface area contributed by atoms with Gasteiger partial charge in [-0.15, -0.1) is 0 Å². The molecule has 21 heavy (non-hydrogen) atoms. The number of nitrogen functional groups attached to an aromatic ring is 1. The van der Waals surface area contributed by atoms with Gasteiger partial charge in [-0.1, -0.05) is 13.0 Å². The van der Waals surface area contributed by atoms with Gasteiger partial charge >= 0.3 is 0 Å². The van der Waals surface area contributed by atoms with Gasteiger partial charge in [0, 0.05) is 31.4 Å². The molecule has 1 amide bonds. The summed E-state index contributed by atoms with van der Waals surface area (Å²) in [6.07, 6.45) is 0. The molecule has 1 saturated heterocycles. The monoisotopic (exact) mass is 291 g/mol. The van der Waals surface area contributed by atoms with Gasteiger partial charge in [0.15, 0.2) is 0 Å². The molecule has 0 spiro atoms. The number of ether oxygens (including phenoxy) is 1. The third-order valence-corrected chi connectivity index (χ3v) is 4.03. The van der Waals surface area contributed by atoms with Crippen LogP contribution in [0.2, 0.25) is 0 Å². The molecule has 1 aliphatic rings. The zero-order valence-electron chi connectivity index (χ0n) is 13.1. The summed E-state index contributed by atoms with van der Waals surface area (Å²) >= 11 is 0. The first-order chi connectivity index (χ1) is 10.1. The molecule has 1 aliphatic heterocycles. The van der Waals surface area contributed by atoms with E-state index in [1.54, 1.807) is 12.1 Å². The summed E-state index contributed by atoms with van der Waals surface area (Å²) in [4.78, 5) is 17.1. The Balaban J connectivity index is 2.21. The number of benzene rings is 1. The molecule has 0 bridgehead atoms. The Kier molecular flexibility index (Phi) is 5.07. The molecule has 1 heterocycles. The van der Waals surface area contributed by atoms with E-state index in [0.29, 0.717) is 29.6 Å². The SMILES string of the molecule is CCOc1cccc(N)c1C(=O)N1CCN(CC)C(C)C1. The van der Waals surface area contributed by atoms with Crippen LogP contribution in [0.5, 0.6) is 5.75 Å². The quantitative estimate of drug-likeness (QED) is 0.860. The van der Waals surface area contributed by atoms with E-state index in [1.807, 2.05) is 17.9 Å². The molecule has 1 aromatic carbocycles. The molecule has 0 aromatic heterocycles. The molecule has 0 aliphatic carbocycles. The van der Waals surface area contributed by atoms with Crippen LogP contribution in [0.4, 0.5) is 5.69 Å². The summed E-state index contributed by atoms with van der Waals surface area (Å²) in [6, 6.07) is 5.74. The van der Waals surface area contributed by atoms with E-state index in [0.717, 1.165) is 26.2 Å². The highest BCUT2D eigenvalue weighted by Crippen LogP contribution is 2.27. The molecule has 1 aromatic rings. The van der Waals surface area contributed by atoms with Crippen molar-refractivity contribution in [2.45, 2.75) is 26.8 Å². The Bertz CT molecular complexity index is 504. The Labute approximate surface area is 126 Å². The van der Waals surface area contributed by atoms with E-state index in [9.17, 15) is 4.79 Å². The molecule has 2 N–H and O–H groups in total. The van der Waals surface area contributed by atoms with Crippen LogP contribution in [-0.4, -0.2) is 54.5 Å². The highest BCUT2D eigenvalue weighted by Gasteiger charge is 2.28. The van der Waals surface area contributed by atoms with Gasteiger partial charge in [-0.2, -0.15) is 0 Å². The lowest BCUT2D eigenvalue weighted by Crippen LogP contribution is -2.53. The van der Waals surface area contributed by atoms with Crippen LogP contribution < -0.4 is 10.5 Å². The van der Waals surface area contributed by atoms with E-state index >= 15 is 0 Å². The van der Waals surface area contributed by atoms with Crippen molar-refractivity contribution in [2.24, 2.45) is 0 Å². The number of carbonyl (C=O) groups excluding carboxylic acids is 1. The second-order valence-electron chi connectivity index (χ2n) is 5.38. The third-order valence-electron chi connectivity index (χ3n) is 4.03. The van der Waals surface area contributed by atoms with Crippen LogP contribution in [0.1, 0.15) is 31.1 Å². The van der Waals surface area contributed by atoms with Crippen LogP contribution in [-0.2, 0) is 0 Å². The number of amides is 1. The van der Waals surface area contributed by atoms with Crippen LogP contribution in [0.15, 0.2) is 18.2 Å². The second-order valence-corrected chi connectivity index (χ2v) is 5.38. The molecule has 1 atom stereocenters. The molecule has 0 saturated carbocycles. The summed E-state index contributed by atoms with van der Waals surface area (Å²) in [5, 5.41) is 0. The molecule has 0 radical (unpaired) electrons. The lowest BCUT2D eigenvalue weighted by molar-refractivity contribution is 0.0526. The van der Waals surface area contributed by atoms with Crippen molar-refractivity contribution in [3.63, 3.8) is 0 Å². The fourth-order valence-corrected chi connectivity index (χ4v) is 2.86. The van der Waals surface area contributed by atoms with E-state index in [-0.39, 0.29) is 5.91 Å². The number of nitrogens with two attached hydrogens (primary N) is 1. The first-order valence-corrected chi connectivity index (χ1v) is 7.63. The summed E-state index contributed by atoms with van der Waals surface area (Å²) in [5.41, 5.74) is 6.99. The molecule has 5 heteroatoms. The van der Waals surface area contributed by atoms with Crippen molar-refractivity contribution in [2.75, 3.05) is 38.5 Å². The van der Waals surface area contributed by atoms with Gasteiger partial charge in [0.1, 0.15) is 11.3 Å². The molecular weight excluding hydrogens is 266 g/mol. The second kappa shape index (κ2) is 6.80. The minimum atomic E-state index is -0.0286. The number of likely N-dealkylation sites (N-methyl/N-ethyl adjacent to an activating group) is 1. The van der Waals surface area contributed by atoms with Crippen LogP contribution in [0.3, 0.4) is 0 Å². The number of nitrogens with zero attached hydrogens (tertiary/aromatic N) is 2. The molecule has 2 rings (SSSR count). The average molecular weight is 291 g/mol. The minimum absolute atomic E-state index is 0.0286. The molecule has 116 valence electrons. The van der Waals surface area contributed by atoms with Crippen molar-refractivity contribution in [3.05, 3.63) is 23.8 Å². The molecular formula is C16H25N3O2. The zero-order valence-corrected chi connectivity index (χ0v) is 13.1. The predicted octanol–water partition coefficient (Wildman–Crippen LogP) is 1.83. The molecule has 1 unspecified atom stereocenters. The number of piperazine rings is 1. The smallest absolute Gasteiger partial charge is 0.259 e. The minimum Gasteiger partial charge on any atom is -0.493 e. The Morgan fingerprint density at radius 2 is 2.14 bits per heavy atom. The van der Waals surface area contributed by atoms with Gasteiger partial charge in [0.2, 0.25) is 0 Å². The predicted molar refractivity (Wildman–Crippen MR) is 84.6 cm³/mol. The molecule has 5 nitrogen and oxygen atoms in total. The van der Waals surface area contributed by atoms with Crippen LogP contribution >= 0.6 is 0 Å². The summed E-state index contributed by atoms with van der Waals surface area (Å²) in [5.74, 6) is 0.548. The van der Waals surface area contributed by atoms with Gasteiger partial charge in [-0.3, -0.25) is 9.69 Å². The first-order valence-electron chi connectivity index (χ1n) is 7.63. The maximum Gasteiger partial charge on any atom is 0.259 e. The van der Waals surface area contributed by atoms with Crippen molar-refractivity contribution in [3.8, 4) is 5.75 Å². The van der Waals surface area contributed by atoms with E-state index in [1.165, 1.54) is 0 Å². The standard InChI is InChI=1S/C16H25N3O2/c1-4-18-9-10-19(11-12(18)3)16(20)15-13(17)7-6-8-14(15)21-5-2/h6-8,12H,4-5,9-11,17H2,1-3H3. The lowest BCUT2D eigenvalue weighted by Gasteiger charge is -2.39. The number of anilines is 1. The summed E-state index contributed by atoms with van der Waals surface area (Å²) in [6.45, 7) is 10.1. The third kappa shape index (κ3) is 3.29. The Morgan fingerprint density at radius 1 is 1.38 bits per heavy atom. The van der Waals surface area contributed by atoms with Gasteiger partial charge in [-0.25, -0.2) is 0 Å². The lowest BCUT2D eigenvalue weighted by atomic mass is 10.1. The number of hydrogen-bond donors (Lipinski definition) is 1. The largest absolute Gasteiger partial charge is 0.493 e. The molecule has 1 fully saturated rings. The number of carbonyl (C=O) groups is 1. The summed E-state index contributed by atoms with van der Waals surface area (Å²) < 4.78 is 5.56. The highest BCUT2D eigenvalue weighted by molar-refractivity contribution is 6.02. The summed E-state index contributed by atoms with van der Waals surface area (Å²) in [7, 11) is 0. The van der Waals surface area contributed by atoms with Gasteiger partial charge in [0.25, 0.3) is 5.91 Å². The van der Waals surface area contributed by atoms with Crippen molar-refractivity contribution in [1.82, 2.24) is 9.80 Å². The maximum absolute atomic E-state index is 12.8. The van der Waals surface area contributed by atoms with E-state index in [2.05, 4.69) is 18.7 Å². The fraction of sp³-hybridized carbons (Fsp3) is 0.562. The Hall–Kier alpha value is -1.75. The fourth-order valence-electron chi connectivity index (χ4n) is 2.86. The number of rotatable bonds is 4. The van der Waals surface area contributed by atoms with Crippen LogP contribution in [0.25, 0.3) is 0 Å². The maximum atomic E-state index is 12.8. The van der Waals surface area contributed by atoms with E-state index < -0.39 is 0 Å².